The van der Waals surface area contributed by atoms with Gasteiger partial charge < -0.3 is 4.74 Å². The van der Waals surface area contributed by atoms with Gasteiger partial charge in [0, 0.05) is 16.2 Å². The summed E-state index contributed by atoms with van der Waals surface area (Å²) in [6, 6.07) is 8.21. The third-order valence-electron chi connectivity index (χ3n) is 5.58. The van der Waals surface area contributed by atoms with E-state index in [1.807, 2.05) is 23.5 Å². The highest BCUT2D eigenvalue weighted by atomic mass is 32.2. The number of thiophene rings is 1. The maximum atomic E-state index is 5.25. The molecule has 28 heavy (non-hydrogen) atoms. The second-order valence-corrected chi connectivity index (χ2v) is 9.17. The predicted octanol–water partition coefficient (Wildman–Crippen LogP) is 3.00. The number of nitrogens with zero attached hydrogens (tertiary/aromatic N) is 4. The van der Waals surface area contributed by atoms with E-state index in [4.69, 9.17) is 4.74 Å². The molecule has 1 unspecified atom stereocenters. The first-order valence-corrected chi connectivity index (χ1v) is 11.3. The van der Waals surface area contributed by atoms with Gasteiger partial charge in [0.2, 0.25) is 5.95 Å². The summed E-state index contributed by atoms with van der Waals surface area (Å²) >= 11 is 3.65. The van der Waals surface area contributed by atoms with Gasteiger partial charge in [-0.2, -0.15) is 0 Å². The Kier molecular flexibility index (Phi) is 3.90. The first-order valence-electron chi connectivity index (χ1n) is 9.45. The monoisotopic (exact) mass is 412 g/mol. The highest BCUT2D eigenvalue weighted by Crippen LogP contribution is 2.48. The smallest absolute Gasteiger partial charge is 0.249 e. The van der Waals surface area contributed by atoms with E-state index in [0.717, 1.165) is 29.3 Å². The summed E-state index contributed by atoms with van der Waals surface area (Å²) in [5.41, 5.74) is 7.62. The third-order valence-corrected chi connectivity index (χ3v) is 7.87. The maximum Gasteiger partial charge on any atom is 0.249 e. The summed E-state index contributed by atoms with van der Waals surface area (Å²) in [7, 11) is 1.69. The van der Waals surface area contributed by atoms with Crippen LogP contribution >= 0.6 is 23.1 Å². The fraction of sp³-hybridized carbons (Fsp3) is 0.368. The van der Waals surface area contributed by atoms with Gasteiger partial charge in [0.25, 0.3) is 0 Å². The van der Waals surface area contributed by atoms with E-state index in [1.54, 1.807) is 18.9 Å². The zero-order valence-corrected chi connectivity index (χ0v) is 17.1. The van der Waals surface area contributed by atoms with Gasteiger partial charge in [-0.15, -0.1) is 21.5 Å². The minimum Gasteiger partial charge on any atom is -0.497 e. The van der Waals surface area contributed by atoms with Gasteiger partial charge in [0.05, 0.1) is 13.8 Å². The number of hydrazine groups is 1. The van der Waals surface area contributed by atoms with Gasteiger partial charge >= 0.3 is 0 Å². The minimum absolute atomic E-state index is 0.157. The second kappa shape index (κ2) is 6.48. The SMILES string of the molecule is COc1ccc(CSc2nnc3n2-c2sc4c(c2C2NCNN32)CCC4)cc1. The molecule has 0 saturated carbocycles. The molecule has 0 bridgehead atoms. The van der Waals surface area contributed by atoms with Crippen molar-refractivity contribution >= 4 is 29.0 Å². The first kappa shape index (κ1) is 16.8. The van der Waals surface area contributed by atoms with Gasteiger partial charge in [-0.3, -0.25) is 10.3 Å². The lowest BCUT2D eigenvalue weighted by molar-refractivity contribution is 0.414. The van der Waals surface area contributed by atoms with E-state index < -0.39 is 0 Å². The number of thioether (sulfide) groups is 1. The largest absolute Gasteiger partial charge is 0.497 e. The maximum absolute atomic E-state index is 5.25. The topological polar surface area (TPSA) is 67.2 Å². The lowest BCUT2D eigenvalue weighted by Crippen LogP contribution is -2.39. The normalized spacial score (nSPS) is 19.3. The van der Waals surface area contributed by atoms with Crippen LogP contribution in [-0.2, 0) is 18.6 Å². The molecule has 1 saturated heterocycles. The Labute approximate surface area is 171 Å². The molecule has 1 atom stereocenters. The van der Waals surface area contributed by atoms with Crippen molar-refractivity contribution < 1.29 is 4.74 Å². The molecule has 1 aliphatic carbocycles. The van der Waals surface area contributed by atoms with Crippen LogP contribution in [0.3, 0.4) is 0 Å². The highest BCUT2D eigenvalue weighted by Gasteiger charge is 2.42. The van der Waals surface area contributed by atoms with E-state index >= 15 is 0 Å². The molecule has 6 rings (SSSR count). The molecule has 0 spiro atoms. The molecule has 4 heterocycles. The molecule has 7 nitrogen and oxygen atoms in total. The van der Waals surface area contributed by atoms with Crippen molar-refractivity contribution in [1.29, 1.82) is 0 Å². The van der Waals surface area contributed by atoms with Crippen LogP contribution in [0.15, 0.2) is 29.4 Å². The Balaban J connectivity index is 1.37. The number of hydrogen-bond donors (Lipinski definition) is 2. The fourth-order valence-corrected chi connectivity index (χ4v) is 6.61. The van der Waals surface area contributed by atoms with E-state index in [0.29, 0.717) is 0 Å². The van der Waals surface area contributed by atoms with Gasteiger partial charge in [0.15, 0.2) is 5.16 Å². The van der Waals surface area contributed by atoms with Crippen LogP contribution in [0.5, 0.6) is 5.75 Å². The Morgan fingerprint density at radius 3 is 3.00 bits per heavy atom. The molecule has 0 radical (unpaired) electrons. The Morgan fingerprint density at radius 1 is 1.25 bits per heavy atom. The van der Waals surface area contributed by atoms with Crippen molar-refractivity contribution in [2.75, 3.05) is 18.8 Å². The summed E-state index contributed by atoms with van der Waals surface area (Å²) in [6.45, 7) is 0.746. The zero-order valence-electron chi connectivity index (χ0n) is 15.4. The number of methoxy groups -OCH3 is 1. The first-order chi connectivity index (χ1) is 13.8. The molecule has 0 amide bonds. The number of fused-ring (bicyclic) bond motifs is 8. The summed E-state index contributed by atoms with van der Waals surface area (Å²) in [4.78, 5) is 1.53. The van der Waals surface area contributed by atoms with Crippen LogP contribution < -0.4 is 20.5 Å². The lowest BCUT2D eigenvalue weighted by atomic mass is 10.1. The number of anilines is 1. The molecule has 1 aromatic carbocycles. The van der Waals surface area contributed by atoms with E-state index in [1.165, 1.54) is 45.8 Å². The number of benzene rings is 1. The summed E-state index contributed by atoms with van der Waals surface area (Å²) < 4.78 is 7.49. The molecule has 2 aromatic heterocycles. The fourth-order valence-electron chi connectivity index (χ4n) is 4.25. The van der Waals surface area contributed by atoms with E-state index in [-0.39, 0.29) is 6.17 Å². The molecule has 3 aliphatic rings. The van der Waals surface area contributed by atoms with Crippen molar-refractivity contribution in [3.63, 3.8) is 0 Å². The molecule has 1 fully saturated rings. The highest BCUT2D eigenvalue weighted by molar-refractivity contribution is 7.98. The van der Waals surface area contributed by atoms with Crippen molar-refractivity contribution in [3.8, 4) is 10.8 Å². The second-order valence-electron chi connectivity index (χ2n) is 7.14. The molecule has 3 aromatic rings. The molecule has 144 valence electrons. The lowest BCUT2D eigenvalue weighted by Gasteiger charge is -2.30. The van der Waals surface area contributed by atoms with Crippen molar-refractivity contribution in [3.05, 3.63) is 45.8 Å². The van der Waals surface area contributed by atoms with Crippen LogP contribution in [0, 0.1) is 0 Å². The molecular weight excluding hydrogens is 392 g/mol. The van der Waals surface area contributed by atoms with Crippen molar-refractivity contribution in [1.82, 2.24) is 25.5 Å². The molecule has 2 aliphatic heterocycles. The summed E-state index contributed by atoms with van der Waals surface area (Å²) in [6.07, 6.45) is 3.80. The zero-order chi connectivity index (χ0) is 18.7. The third kappa shape index (κ3) is 2.43. The Morgan fingerprint density at radius 2 is 2.14 bits per heavy atom. The van der Waals surface area contributed by atoms with Gasteiger partial charge in [-0.1, -0.05) is 23.9 Å². The number of rotatable bonds is 4. The van der Waals surface area contributed by atoms with Crippen LogP contribution in [-0.4, -0.2) is 28.5 Å². The van der Waals surface area contributed by atoms with Gasteiger partial charge in [-0.05, 0) is 42.5 Å². The van der Waals surface area contributed by atoms with Crippen LogP contribution in [0.2, 0.25) is 0 Å². The number of nitrogens with one attached hydrogen (secondary N) is 2. The van der Waals surface area contributed by atoms with Gasteiger partial charge in [0.1, 0.15) is 16.9 Å². The van der Waals surface area contributed by atoms with Crippen molar-refractivity contribution in [2.45, 2.75) is 36.3 Å². The molecular formula is C19H20N6OS2. The Hall–Kier alpha value is -2.07. The summed E-state index contributed by atoms with van der Waals surface area (Å²) in [5.74, 6) is 2.60. The predicted molar refractivity (Wildman–Crippen MR) is 110 cm³/mol. The standard InChI is InChI=1S/C19H20N6OS2/c1-26-12-7-5-11(6-8-12)9-27-19-23-22-18-24(19)17-15(16-20-10-21-25(16)18)13-3-2-4-14(13)28-17/h5-8,16,20-21H,2-4,9-10H2,1H3. The quantitative estimate of drug-likeness (QED) is 0.639. The number of aromatic nitrogens is 3. The minimum atomic E-state index is 0.157. The number of aryl methyl sites for hydroxylation is 1. The summed E-state index contributed by atoms with van der Waals surface area (Å²) in [5, 5.41) is 17.0. The number of ether oxygens (including phenoxy) is 1. The number of hydrogen-bond acceptors (Lipinski definition) is 8. The van der Waals surface area contributed by atoms with Crippen LogP contribution in [0.1, 0.15) is 34.2 Å². The molecule has 9 heteroatoms. The average molecular weight is 413 g/mol. The average Bonchev–Trinajstić information content (AvgIpc) is 3.47. The van der Waals surface area contributed by atoms with Crippen LogP contribution in [0.25, 0.3) is 5.00 Å². The Bertz CT molecular complexity index is 1040. The van der Waals surface area contributed by atoms with Gasteiger partial charge in [-0.25, -0.2) is 9.99 Å². The van der Waals surface area contributed by atoms with E-state index in [9.17, 15) is 0 Å². The van der Waals surface area contributed by atoms with Crippen LogP contribution in [0.4, 0.5) is 5.95 Å². The van der Waals surface area contributed by atoms with Crippen molar-refractivity contribution in [2.24, 2.45) is 0 Å². The molecule has 2 N–H and O–H groups in total. The van der Waals surface area contributed by atoms with E-state index in [2.05, 4.69) is 42.6 Å².